The SMILES string of the molecule is CC/C=C/C(=C/[C@@H](O)CCCC)S(=O)c1ccc(C)cc1. The van der Waals surface area contributed by atoms with Crippen molar-refractivity contribution in [3.8, 4) is 0 Å². The lowest BCUT2D eigenvalue weighted by Crippen LogP contribution is -2.05. The molecule has 0 spiro atoms. The molecule has 0 fully saturated rings. The van der Waals surface area contributed by atoms with Crippen molar-refractivity contribution in [3.05, 3.63) is 53.0 Å². The molecule has 0 aliphatic heterocycles. The number of hydrogen-bond acceptors (Lipinski definition) is 2. The summed E-state index contributed by atoms with van der Waals surface area (Å²) in [6.45, 7) is 6.14. The second-order valence-corrected chi connectivity index (χ2v) is 6.65. The first-order valence-corrected chi connectivity index (χ1v) is 8.78. The first kappa shape index (κ1) is 17.9. The number of aryl methyl sites for hydroxylation is 1. The lowest BCUT2D eigenvalue weighted by Gasteiger charge is -2.08. The standard InChI is InChI=1S/C18H26O2S/c1-4-6-8-16(19)14-18(9-7-5-2)21(20)17-12-10-15(3)11-13-17/h7,9-14,16,19H,4-6,8H2,1-3H3/b9-7+,18-14-/t16-,21?/m0/s1. The third-order valence-corrected chi connectivity index (χ3v) is 4.58. The van der Waals surface area contributed by atoms with Crippen LogP contribution in [-0.4, -0.2) is 15.4 Å². The van der Waals surface area contributed by atoms with Crippen LogP contribution in [0.2, 0.25) is 0 Å². The van der Waals surface area contributed by atoms with Crippen LogP contribution in [0.5, 0.6) is 0 Å². The minimum absolute atomic E-state index is 0.532. The zero-order valence-corrected chi connectivity index (χ0v) is 14.0. The minimum Gasteiger partial charge on any atom is -0.389 e. The number of hydrogen-bond donors (Lipinski definition) is 1. The molecule has 2 atom stereocenters. The molecule has 1 unspecified atom stereocenters. The smallest absolute Gasteiger partial charge is 0.0847 e. The van der Waals surface area contributed by atoms with Crippen LogP contribution < -0.4 is 0 Å². The van der Waals surface area contributed by atoms with Crippen LogP contribution in [0.4, 0.5) is 0 Å². The van der Waals surface area contributed by atoms with Gasteiger partial charge in [-0.15, -0.1) is 0 Å². The lowest BCUT2D eigenvalue weighted by atomic mass is 10.1. The molecule has 0 heterocycles. The molecule has 0 aliphatic rings. The molecular weight excluding hydrogens is 280 g/mol. The van der Waals surface area contributed by atoms with E-state index in [1.165, 1.54) is 0 Å². The molecule has 0 bridgehead atoms. The summed E-state index contributed by atoms with van der Waals surface area (Å²) in [5.74, 6) is 0. The highest BCUT2D eigenvalue weighted by molar-refractivity contribution is 7.89. The first-order chi connectivity index (χ1) is 10.1. The fraction of sp³-hybridized carbons (Fsp3) is 0.444. The summed E-state index contributed by atoms with van der Waals surface area (Å²) in [5.41, 5.74) is 1.15. The molecule has 1 N–H and O–H groups in total. The molecule has 0 aromatic heterocycles. The molecular formula is C18H26O2S. The number of benzene rings is 1. The average Bonchev–Trinajstić information content (AvgIpc) is 2.49. The van der Waals surface area contributed by atoms with Gasteiger partial charge in [-0.05, 0) is 44.1 Å². The van der Waals surface area contributed by atoms with Gasteiger partial charge in [-0.3, -0.25) is 0 Å². The minimum atomic E-state index is -1.24. The van der Waals surface area contributed by atoms with E-state index in [1.54, 1.807) is 6.08 Å². The number of allylic oxidation sites excluding steroid dienone is 2. The van der Waals surface area contributed by atoms with Crippen LogP contribution in [0.3, 0.4) is 0 Å². The topological polar surface area (TPSA) is 37.3 Å². The van der Waals surface area contributed by atoms with Crippen LogP contribution >= 0.6 is 0 Å². The van der Waals surface area contributed by atoms with E-state index in [0.29, 0.717) is 11.3 Å². The Kier molecular flexibility index (Phi) is 8.24. The van der Waals surface area contributed by atoms with Crippen LogP contribution in [0.1, 0.15) is 45.1 Å². The first-order valence-electron chi connectivity index (χ1n) is 7.63. The fourth-order valence-electron chi connectivity index (χ4n) is 1.90. The van der Waals surface area contributed by atoms with Gasteiger partial charge in [0.15, 0.2) is 0 Å². The van der Waals surface area contributed by atoms with E-state index < -0.39 is 16.9 Å². The summed E-state index contributed by atoms with van der Waals surface area (Å²) >= 11 is 0. The highest BCUT2D eigenvalue weighted by Gasteiger charge is 2.10. The quantitative estimate of drug-likeness (QED) is 0.718. The number of aliphatic hydroxyl groups is 1. The number of unbranched alkanes of at least 4 members (excludes halogenated alkanes) is 1. The maximum atomic E-state index is 12.7. The Labute approximate surface area is 131 Å². The fourth-order valence-corrected chi connectivity index (χ4v) is 3.05. The predicted octanol–water partition coefficient (Wildman–Crippen LogP) is 4.50. The Balaban J connectivity index is 2.95. The molecule has 21 heavy (non-hydrogen) atoms. The van der Waals surface area contributed by atoms with Gasteiger partial charge < -0.3 is 5.11 Å². The summed E-state index contributed by atoms with van der Waals surface area (Å²) in [7, 11) is -1.24. The van der Waals surface area contributed by atoms with Crippen molar-refractivity contribution in [3.63, 3.8) is 0 Å². The summed E-state index contributed by atoms with van der Waals surface area (Å²) in [6.07, 6.45) is 8.66. The molecule has 0 radical (unpaired) electrons. The highest BCUT2D eigenvalue weighted by Crippen LogP contribution is 2.18. The molecule has 1 aromatic carbocycles. The molecule has 1 aromatic rings. The summed E-state index contributed by atoms with van der Waals surface area (Å²) in [5, 5.41) is 10.0. The normalized spacial score (nSPS) is 15.3. The van der Waals surface area contributed by atoms with Crippen molar-refractivity contribution in [1.82, 2.24) is 0 Å². The van der Waals surface area contributed by atoms with E-state index >= 15 is 0 Å². The van der Waals surface area contributed by atoms with Gasteiger partial charge in [0.05, 0.1) is 16.9 Å². The number of aliphatic hydroxyl groups excluding tert-OH is 1. The van der Waals surface area contributed by atoms with Gasteiger partial charge in [0.1, 0.15) is 0 Å². The Hall–Kier alpha value is -1.19. The van der Waals surface area contributed by atoms with Gasteiger partial charge in [0.2, 0.25) is 0 Å². The monoisotopic (exact) mass is 306 g/mol. The van der Waals surface area contributed by atoms with Crippen molar-refractivity contribution in [2.75, 3.05) is 0 Å². The lowest BCUT2D eigenvalue weighted by molar-refractivity contribution is 0.209. The van der Waals surface area contributed by atoms with Gasteiger partial charge in [0, 0.05) is 9.80 Å². The van der Waals surface area contributed by atoms with Crippen molar-refractivity contribution >= 4 is 10.8 Å². The second-order valence-electron chi connectivity index (χ2n) is 5.17. The van der Waals surface area contributed by atoms with Crippen LogP contribution in [-0.2, 0) is 10.8 Å². The molecule has 2 nitrogen and oxygen atoms in total. The van der Waals surface area contributed by atoms with Crippen molar-refractivity contribution in [2.45, 2.75) is 57.5 Å². The Bertz CT molecular complexity index is 500. The highest BCUT2D eigenvalue weighted by atomic mass is 32.2. The zero-order valence-electron chi connectivity index (χ0n) is 13.2. The van der Waals surface area contributed by atoms with E-state index in [-0.39, 0.29) is 0 Å². The Morgan fingerprint density at radius 1 is 1.29 bits per heavy atom. The van der Waals surface area contributed by atoms with Crippen molar-refractivity contribution in [1.29, 1.82) is 0 Å². The van der Waals surface area contributed by atoms with Gasteiger partial charge in [-0.1, -0.05) is 50.5 Å². The maximum absolute atomic E-state index is 12.7. The van der Waals surface area contributed by atoms with Crippen LogP contribution in [0.25, 0.3) is 0 Å². The summed E-state index contributed by atoms with van der Waals surface area (Å²) < 4.78 is 12.7. The van der Waals surface area contributed by atoms with Gasteiger partial charge >= 0.3 is 0 Å². The van der Waals surface area contributed by atoms with Crippen LogP contribution in [0.15, 0.2) is 52.3 Å². The van der Waals surface area contributed by atoms with E-state index in [4.69, 9.17) is 0 Å². The van der Waals surface area contributed by atoms with E-state index in [9.17, 15) is 9.32 Å². The molecule has 0 amide bonds. The third-order valence-electron chi connectivity index (χ3n) is 3.18. The van der Waals surface area contributed by atoms with Gasteiger partial charge in [-0.25, -0.2) is 4.21 Å². The average molecular weight is 306 g/mol. The molecule has 0 saturated carbocycles. The van der Waals surface area contributed by atoms with Gasteiger partial charge in [-0.2, -0.15) is 0 Å². The van der Waals surface area contributed by atoms with Crippen molar-refractivity contribution in [2.24, 2.45) is 0 Å². The largest absolute Gasteiger partial charge is 0.389 e. The summed E-state index contributed by atoms with van der Waals surface area (Å²) in [4.78, 5) is 1.46. The second kappa shape index (κ2) is 9.69. The van der Waals surface area contributed by atoms with Crippen molar-refractivity contribution < 1.29 is 9.32 Å². The van der Waals surface area contributed by atoms with E-state index in [2.05, 4.69) is 6.92 Å². The van der Waals surface area contributed by atoms with E-state index in [1.807, 2.05) is 50.3 Å². The molecule has 0 aliphatic carbocycles. The summed E-state index contributed by atoms with van der Waals surface area (Å²) in [6, 6.07) is 7.69. The number of rotatable bonds is 8. The Morgan fingerprint density at radius 2 is 1.95 bits per heavy atom. The van der Waals surface area contributed by atoms with E-state index in [0.717, 1.165) is 29.7 Å². The zero-order chi connectivity index (χ0) is 15.7. The third kappa shape index (κ3) is 6.40. The van der Waals surface area contributed by atoms with Gasteiger partial charge in [0.25, 0.3) is 0 Å². The predicted molar refractivity (Wildman–Crippen MR) is 90.6 cm³/mol. The Morgan fingerprint density at radius 3 is 2.52 bits per heavy atom. The molecule has 0 saturated heterocycles. The molecule has 1 rings (SSSR count). The maximum Gasteiger partial charge on any atom is 0.0847 e. The van der Waals surface area contributed by atoms with Crippen LogP contribution in [0, 0.1) is 6.92 Å². The molecule has 3 heteroatoms. The molecule has 116 valence electrons.